The number of anilines is 1. The van der Waals surface area contributed by atoms with Gasteiger partial charge in [0.15, 0.2) is 14.9 Å². The zero-order chi connectivity index (χ0) is 25.6. The molecular weight excluding hydrogens is 484 g/mol. The number of urea groups is 1. The third-order valence-corrected chi connectivity index (χ3v) is 7.67. The second-order valence-corrected chi connectivity index (χ2v) is 11.1. The third-order valence-electron chi connectivity index (χ3n) is 6.67. The fourth-order valence-corrected chi connectivity index (χ4v) is 5.36. The quantitative estimate of drug-likeness (QED) is 0.557. The van der Waals surface area contributed by atoms with Crippen LogP contribution in [0.4, 0.5) is 10.5 Å². The molecule has 0 spiro atoms. The van der Waals surface area contributed by atoms with Crippen molar-refractivity contribution in [3.8, 4) is 11.3 Å². The highest BCUT2D eigenvalue weighted by atomic mass is 32.2. The lowest BCUT2D eigenvalue weighted by atomic mass is 9.99. The Balaban J connectivity index is 1.57. The third kappa shape index (κ3) is 4.26. The lowest BCUT2D eigenvalue weighted by molar-refractivity contribution is -0.135. The van der Waals surface area contributed by atoms with Crippen molar-refractivity contribution in [2.45, 2.75) is 30.5 Å². The molecule has 188 valence electrons. The van der Waals surface area contributed by atoms with Crippen molar-refractivity contribution in [1.29, 1.82) is 0 Å². The molecule has 3 aromatic rings. The van der Waals surface area contributed by atoms with E-state index in [0.29, 0.717) is 60.5 Å². The predicted octanol–water partition coefficient (Wildman–Crippen LogP) is 1.45. The van der Waals surface area contributed by atoms with Crippen molar-refractivity contribution in [3.63, 3.8) is 0 Å². The van der Waals surface area contributed by atoms with Gasteiger partial charge in [-0.3, -0.25) is 14.7 Å². The number of fused-ring (bicyclic) bond motifs is 3. The largest absolute Gasteiger partial charge is 0.387 e. The monoisotopic (exact) mass is 510 g/mol. The van der Waals surface area contributed by atoms with E-state index in [2.05, 4.69) is 9.97 Å². The van der Waals surface area contributed by atoms with Gasteiger partial charge in [0.05, 0.1) is 23.4 Å². The van der Waals surface area contributed by atoms with E-state index in [9.17, 15) is 23.1 Å². The Kier molecular flexibility index (Phi) is 6.08. The smallest absolute Gasteiger partial charge is 0.324 e. The van der Waals surface area contributed by atoms with Gasteiger partial charge < -0.3 is 14.9 Å². The van der Waals surface area contributed by atoms with Crippen molar-refractivity contribution < 1.29 is 23.1 Å². The first-order valence-electron chi connectivity index (χ1n) is 11.6. The van der Waals surface area contributed by atoms with Crippen molar-refractivity contribution in [3.05, 3.63) is 42.2 Å². The van der Waals surface area contributed by atoms with Crippen molar-refractivity contribution in [2.75, 3.05) is 37.9 Å². The fraction of sp³-hybridized carbons (Fsp3) is 0.375. The molecular formula is C24H26N6O5S. The van der Waals surface area contributed by atoms with Gasteiger partial charge in [-0.2, -0.15) is 0 Å². The van der Waals surface area contributed by atoms with E-state index >= 15 is 0 Å². The van der Waals surface area contributed by atoms with Crippen LogP contribution in [0.2, 0.25) is 0 Å². The number of sulfone groups is 1. The average molecular weight is 511 g/mol. The molecule has 5 rings (SSSR count). The number of carbonyl (C=O) groups excluding carboxylic acids is 2. The Morgan fingerprint density at radius 3 is 2.50 bits per heavy atom. The lowest BCUT2D eigenvalue weighted by Crippen LogP contribution is -2.54. The Morgan fingerprint density at radius 2 is 1.86 bits per heavy atom. The number of amides is 3. The number of aromatic nitrogens is 3. The molecule has 2 aliphatic rings. The molecule has 1 saturated heterocycles. The molecule has 0 aliphatic carbocycles. The van der Waals surface area contributed by atoms with Gasteiger partial charge in [0.25, 0.3) is 0 Å². The molecule has 3 aromatic heterocycles. The highest BCUT2D eigenvalue weighted by Crippen LogP contribution is 2.37. The first-order chi connectivity index (χ1) is 17.2. The minimum absolute atomic E-state index is 0.0167. The predicted molar refractivity (Wildman–Crippen MR) is 132 cm³/mol. The summed E-state index contributed by atoms with van der Waals surface area (Å²) in [5.41, 5.74) is 4.01. The first kappa shape index (κ1) is 24.1. The van der Waals surface area contributed by atoms with Crippen LogP contribution in [0.1, 0.15) is 18.4 Å². The molecule has 1 N–H and O–H groups in total. The van der Waals surface area contributed by atoms with Gasteiger partial charge in [0.1, 0.15) is 12.1 Å². The number of aliphatic hydroxyl groups is 1. The van der Waals surface area contributed by atoms with E-state index in [1.807, 2.05) is 6.07 Å². The number of hydrogen-bond acceptors (Lipinski definition) is 8. The Bertz CT molecular complexity index is 1450. The van der Waals surface area contributed by atoms with Gasteiger partial charge in [-0.25, -0.2) is 23.2 Å². The summed E-state index contributed by atoms with van der Waals surface area (Å²) in [5.74, 6) is -0.313. The first-order valence-corrected chi connectivity index (χ1v) is 13.4. The molecule has 2 aliphatic heterocycles. The SMILES string of the molecule is CN1Cc2cnc3ccc(-c4ccc(S(C)(=O)=O)nc4)nc3c2N(C2CCN(C(=O)CO)CC2)C1=O. The number of likely N-dealkylation sites (tertiary alicyclic amines) is 1. The Morgan fingerprint density at radius 1 is 1.11 bits per heavy atom. The molecule has 5 heterocycles. The van der Waals surface area contributed by atoms with E-state index in [-0.39, 0.29) is 23.0 Å². The van der Waals surface area contributed by atoms with Crippen LogP contribution in [0.15, 0.2) is 41.7 Å². The van der Waals surface area contributed by atoms with Gasteiger partial charge in [0, 0.05) is 56.0 Å². The zero-order valence-electron chi connectivity index (χ0n) is 20.0. The van der Waals surface area contributed by atoms with Crippen LogP contribution < -0.4 is 4.90 Å². The summed E-state index contributed by atoms with van der Waals surface area (Å²) in [6.07, 6.45) is 5.49. The van der Waals surface area contributed by atoms with Gasteiger partial charge in [-0.15, -0.1) is 0 Å². The fourth-order valence-electron chi connectivity index (χ4n) is 4.80. The van der Waals surface area contributed by atoms with Crippen LogP contribution in [0.5, 0.6) is 0 Å². The number of carbonyl (C=O) groups is 2. The maximum atomic E-state index is 13.4. The van der Waals surface area contributed by atoms with E-state index in [0.717, 1.165) is 11.8 Å². The number of piperidine rings is 1. The second kappa shape index (κ2) is 9.10. The van der Waals surface area contributed by atoms with Crippen molar-refractivity contribution in [2.24, 2.45) is 0 Å². The minimum Gasteiger partial charge on any atom is -0.387 e. The zero-order valence-corrected chi connectivity index (χ0v) is 20.8. The second-order valence-electron chi connectivity index (χ2n) is 9.13. The van der Waals surface area contributed by atoms with Crippen molar-refractivity contribution >= 4 is 38.5 Å². The molecule has 11 nitrogen and oxygen atoms in total. The maximum Gasteiger partial charge on any atom is 0.324 e. The van der Waals surface area contributed by atoms with Crippen LogP contribution >= 0.6 is 0 Å². The molecule has 3 amide bonds. The van der Waals surface area contributed by atoms with E-state index in [4.69, 9.17) is 4.98 Å². The van der Waals surface area contributed by atoms with Crippen LogP contribution in [-0.4, -0.2) is 89.3 Å². The average Bonchev–Trinajstić information content (AvgIpc) is 2.88. The molecule has 0 bridgehead atoms. The number of pyridine rings is 3. The normalized spacial score (nSPS) is 17.0. The summed E-state index contributed by atoms with van der Waals surface area (Å²) in [4.78, 5) is 43.8. The number of rotatable bonds is 4. The van der Waals surface area contributed by atoms with Gasteiger partial charge in [0.2, 0.25) is 5.91 Å². The molecule has 0 atom stereocenters. The standard InChI is InChI=1S/C24H26N6O5S/c1-28-13-16-12-25-19-5-4-18(15-3-6-20(26-11-15)36(2,34)35)27-22(19)23(16)30(24(28)33)17-7-9-29(10-8-17)21(32)14-31/h3-6,11-12,17,31H,7-10,13-14H2,1-2H3. The van der Waals surface area contributed by atoms with Crippen LogP contribution in [0.25, 0.3) is 22.3 Å². The molecule has 0 unspecified atom stereocenters. The van der Waals surface area contributed by atoms with E-state index in [1.165, 1.54) is 12.3 Å². The lowest BCUT2D eigenvalue weighted by Gasteiger charge is -2.43. The summed E-state index contributed by atoms with van der Waals surface area (Å²) in [5, 5.41) is 9.17. The highest BCUT2D eigenvalue weighted by Gasteiger charge is 2.37. The topological polar surface area (TPSA) is 137 Å². The summed E-state index contributed by atoms with van der Waals surface area (Å²) >= 11 is 0. The van der Waals surface area contributed by atoms with Crippen LogP contribution in [0, 0.1) is 0 Å². The molecule has 1 fully saturated rings. The van der Waals surface area contributed by atoms with Gasteiger partial charge >= 0.3 is 6.03 Å². The van der Waals surface area contributed by atoms with E-state index in [1.54, 1.807) is 40.1 Å². The van der Waals surface area contributed by atoms with Gasteiger partial charge in [-0.1, -0.05) is 0 Å². The maximum absolute atomic E-state index is 13.4. The minimum atomic E-state index is -3.42. The van der Waals surface area contributed by atoms with Crippen LogP contribution in [-0.2, 0) is 21.2 Å². The van der Waals surface area contributed by atoms with E-state index < -0.39 is 16.4 Å². The summed E-state index contributed by atoms with van der Waals surface area (Å²) in [6.45, 7) is 0.772. The summed E-state index contributed by atoms with van der Waals surface area (Å²) in [7, 11) is -1.68. The number of hydrogen-bond donors (Lipinski definition) is 1. The molecule has 36 heavy (non-hydrogen) atoms. The molecule has 0 saturated carbocycles. The highest BCUT2D eigenvalue weighted by molar-refractivity contribution is 7.90. The van der Waals surface area contributed by atoms with Crippen molar-refractivity contribution in [1.82, 2.24) is 24.8 Å². The molecule has 0 radical (unpaired) electrons. The number of nitrogens with zero attached hydrogens (tertiary/aromatic N) is 6. The summed E-state index contributed by atoms with van der Waals surface area (Å²) < 4.78 is 23.5. The van der Waals surface area contributed by atoms with Gasteiger partial charge in [-0.05, 0) is 37.1 Å². The number of aliphatic hydroxyl groups excluding tert-OH is 1. The molecule has 0 aromatic carbocycles. The Hall–Kier alpha value is -3.64. The van der Waals surface area contributed by atoms with Crippen LogP contribution in [0.3, 0.4) is 0 Å². The molecule has 12 heteroatoms. The summed E-state index contributed by atoms with van der Waals surface area (Å²) in [6, 6.07) is 6.43. The Labute approximate surface area is 208 Å².